The van der Waals surface area contributed by atoms with Gasteiger partial charge in [-0.15, -0.1) is 0 Å². The molecule has 2 aliphatic heterocycles. The predicted molar refractivity (Wildman–Crippen MR) is 66.4 cm³/mol. The molecular weight excluding hydrogens is 240 g/mol. The third-order valence-electron chi connectivity index (χ3n) is 3.40. The van der Waals surface area contributed by atoms with Gasteiger partial charge in [0.2, 0.25) is 10.0 Å². The van der Waals surface area contributed by atoms with Gasteiger partial charge in [-0.25, -0.2) is 8.42 Å². The molecule has 6 heteroatoms. The molecule has 2 atom stereocenters. The Morgan fingerprint density at radius 2 is 2.24 bits per heavy atom. The molecule has 2 saturated heterocycles. The van der Waals surface area contributed by atoms with Crippen molar-refractivity contribution in [2.24, 2.45) is 0 Å². The van der Waals surface area contributed by atoms with Crippen LogP contribution in [0.1, 0.15) is 26.2 Å². The van der Waals surface area contributed by atoms with Crippen LogP contribution >= 0.6 is 0 Å². The molecule has 0 amide bonds. The van der Waals surface area contributed by atoms with Crippen LogP contribution in [0.15, 0.2) is 0 Å². The summed E-state index contributed by atoms with van der Waals surface area (Å²) < 4.78 is 31.5. The van der Waals surface area contributed by atoms with Gasteiger partial charge in [0.15, 0.2) is 0 Å². The second-order valence-electron chi connectivity index (χ2n) is 4.98. The summed E-state index contributed by atoms with van der Waals surface area (Å²) in [5.41, 5.74) is 0. The van der Waals surface area contributed by atoms with Gasteiger partial charge in [0.05, 0.1) is 11.9 Å². The molecule has 0 bridgehead atoms. The van der Waals surface area contributed by atoms with Gasteiger partial charge in [0, 0.05) is 32.3 Å². The van der Waals surface area contributed by atoms with Gasteiger partial charge in [0.25, 0.3) is 0 Å². The van der Waals surface area contributed by atoms with Crippen LogP contribution in [0.2, 0.25) is 0 Å². The molecule has 2 rings (SSSR count). The summed E-state index contributed by atoms with van der Waals surface area (Å²) in [6, 6.07) is 0.241. The van der Waals surface area contributed by atoms with Crippen LogP contribution in [0.3, 0.4) is 0 Å². The monoisotopic (exact) mass is 262 g/mol. The van der Waals surface area contributed by atoms with Crippen LogP contribution in [0.25, 0.3) is 0 Å². The Hall–Kier alpha value is -0.170. The van der Waals surface area contributed by atoms with E-state index in [0.29, 0.717) is 19.7 Å². The number of rotatable bonds is 3. The van der Waals surface area contributed by atoms with Crippen LogP contribution in [-0.4, -0.2) is 56.9 Å². The van der Waals surface area contributed by atoms with Crippen molar-refractivity contribution < 1.29 is 13.2 Å². The van der Waals surface area contributed by atoms with Crippen LogP contribution in [0, 0.1) is 0 Å². The van der Waals surface area contributed by atoms with Gasteiger partial charge in [-0.05, 0) is 26.2 Å². The molecule has 2 aliphatic rings. The Morgan fingerprint density at radius 3 is 2.88 bits per heavy atom. The van der Waals surface area contributed by atoms with E-state index < -0.39 is 10.0 Å². The first-order valence-corrected chi connectivity index (χ1v) is 8.01. The maximum atomic E-state index is 12.2. The molecule has 2 heterocycles. The average Bonchev–Trinajstić information content (AvgIpc) is 2.30. The summed E-state index contributed by atoms with van der Waals surface area (Å²) in [5, 5.41) is 3.25. The highest BCUT2D eigenvalue weighted by molar-refractivity contribution is 7.89. The largest absolute Gasteiger partial charge is 0.377 e. The van der Waals surface area contributed by atoms with Crippen LogP contribution in [0.5, 0.6) is 0 Å². The fraction of sp³-hybridized carbons (Fsp3) is 1.00. The minimum absolute atomic E-state index is 0.0982. The SMILES string of the molecule is C[C@H]1CN(S(=O)(=O)CC2CCCCO2)CCN1. The minimum atomic E-state index is -3.15. The zero-order valence-corrected chi connectivity index (χ0v) is 11.2. The van der Waals surface area contributed by atoms with Crippen LogP contribution in [0.4, 0.5) is 0 Å². The Labute approximate surface area is 104 Å². The molecule has 0 radical (unpaired) electrons. The minimum Gasteiger partial charge on any atom is -0.377 e. The van der Waals surface area contributed by atoms with E-state index in [1.807, 2.05) is 6.92 Å². The molecule has 0 spiro atoms. The third kappa shape index (κ3) is 3.64. The van der Waals surface area contributed by atoms with E-state index in [0.717, 1.165) is 25.8 Å². The maximum Gasteiger partial charge on any atom is 0.216 e. The van der Waals surface area contributed by atoms with Gasteiger partial charge in [-0.3, -0.25) is 0 Å². The van der Waals surface area contributed by atoms with E-state index in [1.165, 1.54) is 0 Å². The number of ether oxygens (including phenoxy) is 1. The summed E-state index contributed by atoms with van der Waals surface area (Å²) in [7, 11) is -3.15. The topological polar surface area (TPSA) is 58.6 Å². The van der Waals surface area contributed by atoms with Gasteiger partial charge < -0.3 is 10.1 Å². The van der Waals surface area contributed by atoms with E-state index >= 15 is 0 Å². The molecule has 0 aliphatic carbocycles. The molecule has 0 aromatic rings. The molecule has 17 heavy (non-hydrogen) atoms. The molecular formula is C11H22N2O3S. The van der Waals surface area contributed by atoms with Crippen molar-refractivity contribution in [3.63, 3.8) is 0 Å². The standard InChI is InChI=1S/C11H22N2O3S/c1-10-8-13(6-5-12-10)17(14,15)9-11-4-2-3-7-16-11/h10-12H,2-9H2,1H3/t10-,11?/m0/s1. The van der Waals surface area contributed by atoms with Crippen molar-refractivity contribution in [2.45, 2.75) is 38.3 Å². The van der Waals surface area contributed by atoms with Gasteiger partial charge >= 0.3 is 0 Å². The summed E-state index contributed by atoms with van der Waals surface area (Å²) >= 11 is 0. The summed E-state index contributed by atoms with van der Waals surface area (Å²) in [6.45, 7) is 4.62. The first-order valence-electron chi connectivity index (χ1n) is 6.41. The van der Waals surface area contributed by atoms with Crippen molar-refractivity contribution in [3.8, 4) is 0 Å². The average molecular weight is 262 g/mol. The molecule has 0 saturated carbocycles. The number of hydrogen-bond donors (Lipinski definition) is 1. The molecule has 100 valence electrons. The van der Waals surface area contributed by atoms with Crippen molar-refractivity contribution in [1.82, 2.24) is 9.62 Å². The number of hydrogen-bond acceptors (Lipinski definition) is 4. The number of nitrogens with one attached hydrogen (secondary N) is 1. The highest BCUT2D eigenvalue weighted by Crippen LogP contribution is 2.17. The van der Waals surface area contributed by atoms with E-state index in [2.05, 4.69) is 5.32 Å². The molecule has 5 nitrogen and oxygen atoms in total. The lowest BCUT2D eigenvalue weighted by molar-refractivity contribution is 0.0298. The molecule has 1 unspecified atom stereocenters. The van der Waals surface area contributed by atoms with Crippen molar-refractivity contribution in [1.29, 1.82) is 0 Å². The number of piperazine rings is 1. The highest BCUT2D eigenvalue weighted by atomic mass is 32.2. The lowest BCUT2D eigenvalue weighted by Gasteiger charge is -2.32. The fourth-order valence-corrected chi connectivity index (χ4v) is 4.19. The summed E-state index contributed by atoms with van der Waals surface area (Å²) in [5.74, 6) is 0.153. The van der Waals surface area contributed by atoms with E-state index in [4.69, 9.17) is 4.74 Å². The maximum absolute atomic E-state index is 12.2. The molecule has 1 N–H and O–H groups in total. The fourth-order valence-electron chi connectivity index (χ4n) is 2.43. The number of nitrogens with zero attached hydrogens (tertiary/aromatic N) is 1. The van der Waals surface area contributed by atoms with E-state index in [-0.39, 0.29) is 17.9 Å². The van der Waals surface area contributed by atoms with Gasteiger partial charge in [0.1, 0.15) is 0 Å². The van der Waals surface area contributed by atoms with Crippen LogP contribution in [-0.2, 0) is 14.8 Å². The lowest BCUT2D eigenvalue weighted by atomic mass is 10.1. The quantitative estimate of drug-likeness (QED) is 0.788. The summed E-state index contributed by atoms with van der Waals surface area (Å²) in [6.07, 6.45) is 2.92. The first kappa shape index (κ1) is 13.3. The van der Waals surface area contributed by atoms with Gasteiger partial charge in [-0.2, -0.15) is 4.31 Å². The zero-order valence-electron chi connectivity index (χ0n) is 10.4. The lowest BCUT2D eigenvalue weighted by Crippen LogP contribution is -2.52. The van der Waals surface area contributed by atoms with Crippen LogP contribution < -0.4 is 5.32 Å². The van der Waals surface area contributed by atoms with E-state index in [9.17, 15) is 8.42 Å². The van der Waals surface area contributed by atoms with Gasteiger partial charge in [-0.1, -0.05) is 0 Å². The highest BCUT2D eigenvalue weighted by Gasteiger charge is 2.30. The second kappa shape index (κ2) is 5.65. The van der Waals surface area contributed by atoms with E-state index in [1.54, 1.807) is 4.31 Å². The Balaban J connectivity index is 1.92. The Morgan fingerprint density at radius 1 is 1.41 bits per heavy atom. The molecule has 2 fully saturated rings. The van der Waals surface area contributed by atoms with Crippen molar-refractivity contribution >= 4 is 10.0 Å². The number of sulfonamides is 1. The smallest absolute Gasteiger partial charge is 0.216 e. The first-order chi connectivity index (χ1) is 8.08. The zero-order chi connectivity index (χ0) is 12.3. The third-order valence-corrected chi connectivity index (χ3v) is 5.31. The Kier molecular flexibility index (Phi) is 4.41. The van der Waals surface area contributed by atoms with Crippen molar-refractivity contribution in [3.05, 3.63) is 0 Å². The summed E-state index contributed by atoms with van der Waals surface area (Å²) in [4.78, 5) is 0. The predicted octanol–water partition coefficient (Wildman–Crippen LogP) is 0.179. The molecule has 0 aromatic carbocycles. The molecule has 0 aromatic heterocycles. The Bertz CT molecular complexity index is 339. The van der Waals surface area contributed by atoms with Crippen molar-refractivity contribution in [2.75, 3.05) is 32.0 Å². The normalized spacial score (nSPS) is 32.5. The second-order valence-corrected chi connectivity index (χ2v) is 6.99.